The number of hydrogen-bond acceptors (Lipinski definition) is 5. The summed E-state index contributed by atoms with van der Waals surface area (Å²) in [7, 11) is -3.60. The first-order chi connectivity index (χ1) is 12.4. The van der Waals surface area contributed by atoms with Gasteiger partial charge in [-0.15, -0.1) is 4.83 Å². The van der Waals surface area contributed by atoms with Crippen molar-refractivity contribution in [1.29, 1.82) is 0 Å². The molecule has 1 aliphatic heterocycles. The monoisotopic (exact) mass is 371 g/mol. The maximum absolute atomic E-state index is 12.5. The molecule has 7 heteroatoms. The fourth-order valence-corrected chi connectivity index (χ4v) is 3.71. The van der Waals surface area contributed by atoms with E-state index >= 15 is 0 Å². The highest BCUT2D eigenvalue weighted by Crippen LogP contribution is 2.19. The van der Waals surface area contributed by atoms with Gasteiger partial charge in [0.15, 0.2) is 0 Å². The van der Waals surface area contributed by atoms with E-state index in [1.807, 2.05) is 19.1 Å². The van der Waals surface area contributed by atoms with Gasteiger partial charge in [-0.05, 0) is 67.4 Å². The maximum Gasteiger partial charge on any atom is 0.253 e. The molecule has 6 nitrogen and oxygen atoms in total. The van der Waals surface area contributed by atoms with Crippen LogP contribution in [0.4, 0.5) is 5.69 Å². The number of sulfonamides is 1. The van der Waals surface area contributed by atoms with Crippen LogP contribution in [-0.4, -0.2) is 37.3 Å². The summed E-state index contributed by atoms with van der Waals surface area (Å²) in [6.07, 6.45) is 4.80. The molecule has 0 atom stereocenters. The zero-order valence-corrected chi connectivity index (χ0v) is 15.3. The van der Waals surface area contributed by atoms with Gasteiger partial charge in [0.25, 0.3) is 10.0 Å². The highest BCUT2D eigenvalue weighted by Gasteiger charge is 2.18. The summed E-state index contributed by atoms with van der Waals surface area (Å²) in [6.45, 7) is 3.08. The Morgan fingerprint density at radius 2 is 1.77 bits per heavy atom. The molecule has 2 aromatic rings. The number of phenolic OH excluding ortho intramolecular Hbond substituents is 1. The SMILES string of the molecule is CC(=Nc1ccc(S(=O)(=O)NN2CC=CCC2)cc1)c1ccc(O)cc1. The molecule has 0 aliphatic carbocycles. The number of nitrogens with zero attached hydrogens (tertiary/aromatic N) is 2. The van der Waals surface area contributed by atoms with Crippen molar-refractivity contribution in [3.63, 3.8) is 0 Å². The molecule has 0 aromatic heterocycles. The van der Waals surface area contributed by atoms with Gasteiger partial charge in [0.1, 0.15) is 5.75 Å². The number of benzene rings is 2. The summed E-state index contributed by atoms with van der Waals surface area (Å²) in [5, 5.41) is 11.0. The molecule has 2 N–H and O–H groups in total. The minimum absolute atomic E-state index is 0.202. The van der Waals surface area contributed by atoms with Crippen molar-refractivity contribution in [2.24, 2.45) is 4.99 Å². The zero-order chi connectivity index (χ0) is 18.6. The predicted octanol–water partition coefficient (Wildman–Crippen LogP) is 2.99. The van der Waals surface area contributed by atoms with E-state index in [2.05, 4.69) is 9.82 Å². The Kier molecular flexibility index (Phi) is 5.51. The molecule has 1 heterocycles. The Labute approximate surface area is 153 Å². The molecule has 0 saturated carbocycles. The van der Waals surface area contributed by atoms with Crippen LogP contribution in [0.1, 0.15) is 18.9 Å². The zero-order valence-electron chi connectivity index (χ0n) is 14.5. The summed E-state index contributed by atoms with van der Waals surface area (Å²) in [5.74, 6) is 0.202. The van der Waals surface area contributed by atoms with Gasteiger partial charge in [-0.1, -0.05) is 12.2 Å². The van der Waals surface area contributed by atoms with Crippen LogP contribution >= 0.6 is 0 Å². The second-order valence-electron chi connectivity index (χ2n) is 6.04. The van der Waals surface area contributed by atoms with E-state index in [4.69, 9.17) is 0 Å². The van der Waals surface area contributed by atoms with Gasteiger partial charge in [0.05, 0.1) is 10.6 Å². The second kappa shape index (κ2) is 7.82. The summed E-state index contributed by atoms with van der Waals surface area (Å²) in [5.41, 5.74) is 2.33. The lowest BCUT2D eigenvalue weighted by Gasteiger charge is -2.23. The van der Waals surface area contributed by atoms with Gasteiger partial charge < -0.3 is 5.11 Å². The number of hydrazine groups is 1. The Hall–Kier alpha value is -2.48. The van der Waals surface area contributed by atoms with E-state index in [0.29, 0.717) is 18.8 Å². The lowest BCUT2D eigenvalue weighted by atomic mass is 10.1. The van der Waals surface area contributed by atoms with E-state index in [1.54, 1.807) is 53.5 Å². The number of aliphatic imine (C=N–C) groups is 1. The first-order valence-electron chi connectivity index (χ1n) is 8.31. The topological polar surface area (TPSA) is 82.0 Å². The highest BCUT2D eigenvalue weighted by molar-refractivity contribution is 7.89. The normalized spacial score (nSPS) is 16.0. The Morgan fingerprint density at radius 1 is 1.08 bits per heavy atom. The van der Waals surface area contributed by atoms with Crippen molar-refractivity contribution >= 4 is 21.4 Å². The number of nitrogens with one attached hydrogen (secondary N) is 1. The Morgan fingerprint density at radius 3 is 2.38 bits per heavy atom. The van der Waals surface area contributed by atoms with Crippen LogP contribution in [0.3, 0.4) is 0 Å². The molecule has 1 aliphatic rings. The van der Waals surface area contributed by atoms with E-state index in [9.17, 15) is 13.5 Å². The van der Waals surface area contributed by atoms with Crippen molar-refractivity contribution in [2.75, 3.05) is 13.1 Å². The third kappa shape index (κ3) is 4.57. The van der Waals surface area contributed by atoms with Crippen LogP contribution in [-0.2, 0) is 10.0 Å². The van der Waals surface area contributed by atoms with Crippen LogP contribution in [0, 0.1) is 0 Å². The third-order valence-electron chi connectivity index (χ3n) is 4.04. The average Bonchev–Trinajstić information content (AvgIpc) is 2.63. The quantitative estimate of drug-likeness (QED) is 0.625. The highest BCUT2D eigenvalue weighted by atomic mass is 32.2. The average molecular weight is 371 g/mol. The molecule has 0 bridgehead atoms. The smallest absolute Gasteiger partial charge is 0.253 e. The first kappa shape index (κ1) is 18.3. The maximum atomic E-state index is 12.5. The van der Waals surface area contributed by atoms with Gasteiger partial charge in [-0.25, -0.2) is 13.4 Å². The number of phenols is 1. The number of hydrogen-bond donors (Lipinski definition) is 2. The van der Waals surface area contributed by atoms with Gasteiger partial charge in [-0.3, -0.25) is 4.99 Å². The molecular formula is C19H21N3O3S. The fourth-order valence-electron chi connectivity index (χ4n) is 2.61. The van der Waals surface area contributed by atoms with Gasteiger partial charge in [0, 0.05) is 18.8 Å². The molecule has 2 aromatic carbocycles. The molecule has 0 saturated heterocycles. The van der Waals surface area contributed by atoms with E-state index in [0.717, 1.165) is 17.7 Å². The van der Waals surface area contributed by atoms with E-state index < -0.39 is 10.0 Å². The van der Waals surface area contributed by atoms with E-state index in [1.165, 1.54) is 0 Å². The lowest BCUT2D eigenvalue weighted by molar-refractivity contribution is 0.263. The molecule has 0 unspecified atom stereocenters. The molecule has 0 amide bonds. The predicted molar refractivity (Wildman–Crippen MR) is 102 cm³/mol. The molecule has 0 spiro atoms. The first-order valence-corrected chi connectivity index (χ1v) is 9.79. The van der Waals surface area contributed by atoms with Gasteiger partial charge >= 0.3 is 0 Å². The van der Waals surface area contributed by atoms with Crippen LogP contribution < -0.4 is 4.83 Å². The summed E-state index contributed by atoms with van der Waals surface area (Å²) in [4.78, 5) is 7.30. The van der Waals surface area contributed by atoms with Crippen LogP contribution in [0.2, 0.25) is 0 Å². The molecular weight excluding hydrogens is 350 g/mol. The van der Waals surface area contributed by atoms with Crippen LogP contribution in [0.15, 0.2) is 70.6 Å². The Bertz CT molecular complexity index is 918. The number of rotatable bonds is 5. The molecule has 0 radical (unpaired) electrons. The van der Waals surface area contributed by atoms with Crippen LogP contribution in [0.5, 0.6) is 5.75 Å². The van der Waals surface area contributed by atoms with Crippen LogP contribution in [0.25, 0.3) is 0 Å². The standard InChI is InChI=1S/C19H21N3O3S/c1-15(16-5-9-18(23)10-6-16)20-17-7-11-19(12-8-17)26(24,25)21-22-13-3-2-4-14-22/h2-3,5-12,21,23H,4,13-14H2,1H3. The molecule has 26 heavy (non-hydrogen) atoms. The second-order valence-corrected chi connectivity index (χ2v) is 7.70. The molecule has 136 valence electrons. The summed E-state index contributed by atoms with van der Waals surface area (Å²) in [6, 6.07) is 13.2. The van der Waals surface area contributed by atoms with Crippen molar-refractivity contribution in [2.45, 2.75) is 18.2 Å². The van der Waals surface area contributed by atoms with Gasteiger partial charge in [-0.2, -0.15) is 0 Å². The summed E-state index contributed by atoms with van der Waals surface area (Å²) >= 11 is 0. The van der Waals surface area contributed by atoms with Crippen molar-refractivity contribution < 1.29 is 13.5 Å². The van der Waals surface area contributed by atoms with Gasteiger partial charge in [0.2, 0.25) is 0 Å². The Balaban J connectivity index is 1.74. The third-order valence-corrected chi connectivity index (χ3v) is 5.43. The fraction of sp³-hybridized carbons (Fsp3) is 0.211. The van der Waals surface area contributed by atoms with Crippen molar-refractivity contribution in [3.05, 3.63) is 66.2 Å². The van der Waals surface area contributed by atoms with Crippen molar-refractivity contribution in [3.8, 4) is 5.75 Å². The number of aromatic hydroxyl groups is 1. The molecule has 3 rings (SSSR count). The molecule has 0 fully saturated rings. The lowest BCUT2D eigenvalue weighted by Crippen LogP contribution is -2.43. The van der Waals surface area contributed by atoms with Crippen molar-refractivity contribution in [1.82, 2.24) is 9.84 Å². The minimum atomic E-state index is -3.60. The largest absolute Gasteiger partial charge is 0.508 e. The summed E-state index contributed by atoms with van der Waals surface area (Å²) < 4.78 is 24.9. The minimum Gasteiger partial charge on any atom is -0.508 e. The van der Waals surface area contributed by atoms with E-state index in [-0.39, 0.29) is 10.6 Å².